The second-order valence-electron chi connectivity index (χ2n) is 10.2. The number of piperidine rings is 1. The first-order valence-electron chi connectivity index (χ1n) is 12.7. The van der Waals surface area contributed by atoms with Crippen LogP contribution in [0, 0.1) is 31.5 Å². The number of hydrogen-bond donors (Lipinski definition) is 1. The summed E-state index contributed by atoms with van der Waals surface area (Å²) in [6, 6.07) is 14.4. The van der Waals surface area contributed by atoms with E-state index in [9.17, 15) is 14.3 Å². The highest BCUT2D eigenvalue weighted by Gasteiger charge is 2.29. The number of ether oxygens (including phenoxy) is 1. The fourth-order valence-electron chi connectivity index (χ4n) is 5.43. The Morgan fingerprint density at radius 1 is 1.03 bits per heavy atom. The number of aromatic nitrogens is 1. The summed E-state index contributed by atoms with van der Waals surface area (Å²) in [4.78, 5) is 18.9. The van der Waals surface area contributed by atoms with Gasteiger partial charge in [0.1, 0.15) is 11.6 Å². The standard InChI is InChI=1S/C30H35FN2O3/c1-19-15-20(2)18-33(17-19)30-27(16-28(34)35)21(3)32-22(4)29(30)24-7-11-26(12-8-24)36-14-13-23-5-9-25(31)10-6-23/h5-12,19-20H,13-18H2,1-4H3,(H,34,35). The molecule has 1 aromatic heterocycles. The van der Waals surface area contributed by atoms with E-state index >= 15 is 0 Å². The Morgan fingerprint density at radius 2 is 1.67 bits per heavy atom. The van der Waals surface area contributed by atoms with Crippen LogP contribution in [0.5, 0.6) is 5.75 Å². The highest BCUT2D eigenvalue weighted by atomic mass is 19.1. The van der Waals surface area contributed by atoms with E-state index in [0.29, 0.717) is 24.9 Å². The molecule has 3 aromatic rings. The summed E-state index contributed by atoms with van der Waals surface area (Å²) in [6.45, 7) is 10.7. The third-order valence-electron chi connectivity index (χ3n) is 6.89. The van der Waals surface area contributed by atoms with Gasteiger partial charge in [-0.05, 0) is 67.5 Å². The molecular formula is C30H35FN2O3. The molecule has 5 nitrogen and oxygen atoms in total. The molecule has 1 aliphatic heterocycles. The summed E-state index contributed by atoms with van der Waals surface area (Å²) in [5.74, 6) is 0.732. The van der Waals surface area contributed by atoms with Crippen molar-refractivity contribution < 1.29 is 19.0 Å². The predicted molar refractivity (Wildman–Crippen MR) is 141 cm³/mol. The van der Waals surface area contributed by atoms with Crippen molar-refractivity contribution in [1.29, 1.82) is 0 Å². The summed E-state index contributed by atoms with van der Waals surface area (Å²) in [6.07, 6.45) is 1.81. The molecule has 2 heterocycles. The molecular weight excluding hydrogens is 455 g/mol. The van der Waals surface area contributed by atoms with Crippen LogP contribution in [0.1, 0.15) is 42.8 Å². The Balaban J connectivity index is 1.63. The van der Waals surface area contributed by atoms with E-state index in [1.54, 1.807) is 12.1 Å². The molecule has 1 fully saturated rings. The monoisotopic (exact) mass is 490 g/mol. The van der Waals surface area contributed by atoms with Gasteiger partial charge in [-0.3, -0.25) is 9.78 Å². The minimum Gasteiger partial charge on any atom is -0.493 e. The molecule has 2 atom stereocenters. The van der Waals surface area contributed by atoms with E-state index in [-0.39, 0.29) is 12.2 Å². The first-order chi connectivity index (χ1) is 17.2. The molecule has 1 aliphatic rings. The molecule has 36 heavy (non-hydrogen) atoms. The van der Waals surface area contributed by atoms with Gasteiger partial charge in [0.2, 0.25) is 0 Å². The maximum atomic E-state index is 13.1. The van der Waals surface area contributed by atoms with Gasteiger partial charge in [-0.1, -0.05) is 38.1 Å². The van der Waals surface area contributed by atoms with E-state index in [4.69, 9.17) is 9.72 Å². The number of carbonyl (C=O) groups is 1. The van der Waals surface area contributed by atoms with Gasteiger partial charge in [-0.25, -0.2) is 4.39 Å². The maximum Gasteiger partial charge on any atom is 0.307 e. The van der Waals surface area contributed by atoms with Crippen molar-refractivity contribution in [2.24, 2.45) is 11.8 Å². The number of carboxylic acids is 1. The lowest BCUT2D eigenvalue weighted by Crippen LogP contribution is -2.40. The van der Waals surface area contributed by atoms with Gasteiger partial charge in [-0.15, -0.1) is 0 Å². The van der Waals surface area contributed by atoms with Crippen LogP contribution in [0.25, 0.3) is 11.1 Å². The normalized spacial score (nSPS) is 17.8. The zero-order valence-corrected chi connectivity index (χ0v) is 21.6. The summed E-state index contributed by atoms with van der Waals surface area (Å²) < 4.78 is 19.0. The van der Waals surface area contributed by atoms with Crippen LogP contribution in [0.4, 0.5) is 10.1 Å². The zero-order chi connectivity index (χ0) is 25.8. The van der Waals surface area contributed by atoms with Crippen LogP contribution >= 0.6 is 0 Å². The Hall–Kier alpha value is -3.41. The number of halogens is 1. The largest absolute Gasteiger partial charge is 0.493 e. The van der Waals surface area contributed by atoms with Crippen LogP contribution in [-0.2, 0) is 17.6 Å². The Labute approximate surface area is 212 Å². The topological polar surface area (TPSA) is 62.7 Å². The van der Waals surface area contributed by atoms with Gasteiger partial charge in [-0.2, -0.15) is 0 Å². The van der Waals surface area contributed by atoms with Crippen LogP contribution in [0.3, 0.4) is 0 Å². The Kier molecular flexibility index (Phi) is 7.92. The van der Waals surface area contributed by atoms with Crippen molar-refractivity contribution in [3.63, 3.8) is 0 Å². The Morgan fingerprint density at radius 3 is 2.28 bits per heavy atom. The average molecular weight is 491 g/mol. The quantitative estimate of drug-likeness (QED) is 0.405. The number of hydrogen-bond acceptors (Lipinski definition) is 4. The smallest absolute Gasteiger partial charge is 0.307 e. The molecule has 0 spiro atoms. The summed E-state index contributed by atoms with van der Waals surface area (Å²) in [7, 11) is 0. The first kappa shape index (κ1) is 25.7. The predicted octanol–water partition coefficient (Wildman–Crippen LogP) is 6.24. The number of aryl methyl sites for hydroxylation is 2. The zero-order valence-electron chi connectivity index (χ0n) is 21.6. The second-order valence-corrected chi connectivity index (χ2v) is 10.2. The number of carboxylic acid groups (broad SMARTS) is 1. The lowest BCUT2D eigenvalue weighted by atomic mass is 9.88. The first-order valence-corrected chi connectivity index (χ1v) is 12.7. The summed E-state index contributed by atoms with van der Waals surface area (Å²) >= 11 is 0. The fraction of sp³-hybridized carbons (Fsp3) is 0.400. The minimum absolute atomic E-state index is 0.0503. The minimum atomic E-state index is -0.848. The van der Waals surface area contributed by atoms with Gasteiger partial charge in [0.05, 0.1) is 18.7 Å². The van der Waals surface area contributed by atoms with Crippen LogP contribution < -0.4 is 9.64 Å². The van der Waals surface area contributed by atoms with Crippen molar-refractivity contribution >= 4 is 11.7 Å². The number of nitrogens with zero attached hydrogens (tertiary/aromatic N) is 2. The summed E-state index contributed by atoms with van der Waals surface area (Å²) in [5.41, 5.74) is 6.49. The van der Waals surface area contributed by atoms with Gasteiger partial charge in [0.25, 0.3) is 0 Å². The highest BCUT2D eigenvalue weighted by molar-refractivity contribution is 5.86. The van der Waals surface area contributed by atoms with E-state index in [2.05, 4.69) is 18.7 Å². The van der Waals surface area contributed by atoms with Gasteiger partial charge < -0.3 is 14.7 Å². The molecule has 6 heteroatoms. The number of benzene rings is 2. The Bertz CT molecular complexity index is 1200. The van der Waals surface area contributed by atoms with E-state index in [0.717, 1.165) is 58.2 Å². The van der Waals surface area contributed by atoms with Gasteiger partial charge >= 0.3 is 5.97 Å². The fourth-order valence-corrected chi connectivity index (χ4v) is 5.43. The molecule has 1 saturated heterocycles. The van der Waals surface area contributed by atoms with Crippen LogP contribution in [-0.4, -0.2) is 35.8 Å². The van der Waals surface area contributed by atoms with Gasteiger partial charge in [0.15, 0.2) is 0 Å². The molecule has 190 valence electrons. The van der Waals surface area contributed by atoms with E-state index in [1.165, 1.54) is 18.6 Å². The lowest BCUT2D eigenvalue weighted by Gasteiger charge is -2.39. The number of anilines is 1. The molecule has 0 amide bonds. The second kappa shape index (κ2) is 11.1. The maximum absolute atomic E-state index is 13.1. The third-order valence-corrected chi connectivity index (χ3v) is 6.89. The molecule has 2 aromatic carbocycles. The van der Waals surface area contributed by atoms with E-state index < -0.39 is 5.97 Å². The number of pyridine rings is 1. The van der Waals surface area contributed by atoms with Crippen molar-refractivity contribution in [2.45, 2.75) is 47.0 Å². The molecule has 0 bridgehead atoms. The third kappa shape index (κ3) is 6.04. The molecule has 0 aliphatic carbocycles. The van der Waals surface area contributed by atoms with Crippen molar-refractivity contribution in [3.05, 3.63) is 76.9 Å². The molecule has 1 N–H and O–H groups in total. The van der Waals surface area contributed by atoms with Crippen LogP contribution in [0.2, 0.25) is 0 Å². The lowest BCUT2D eigenvalue weighted by molar-refractivity contribution is -0.136. The molecule has 2 unspecified atom stereocenters. The van der Waals surface area contributed by atoms with Crippen molar-refractivity contribution in [3.8, 4) is 16.9 Å². The van der Waals surface area contributed by atoms with E-state index in [1.807, 2.05) is 38.1 Å². The number of rotatable bonds is 8. The molecule has 4 rings (SSSR count). The molecule has 0 radical (unpaired) electrons. The highest BCUT2D eigenvalue weighted by Crippen LogP contribution is 2.40. The SMILES string of the molecule is Cc1nc(C)c(-c2ccc(OCCc3ccc(F)cc3)cc2)c(N2CC(C)CC(C)C2)c1CC(=O)O. The summed E-state index contributed by atoms with van der Waals surface area (Å²) in [5, 5.41) is 9.68. The number of aliphatic carboxylic acids is 1. The van der Waals surface area contributed by atoms with Gasteiger partial charge in [0, 0.05) is 42.0 Å². The van der Waals surface area contributed by atoms with Crippen molar-refractivity contribution in [1.82, 2.24) is 4.98 Å². The van der Waals surface area contributed by atoms with Crippen LogP contribution in [0.15, 0.2) is 48.5 Å². The average Bonchev–Trinajstić information content (AvgIpc) is 2.81. The molecule has 0 saturated carbocycles. The van der Waals surface area contributed by atoms with Crippen molar-refractivity contribution in [2.75, 3.05) is 24.6 Å².